The number of thiazole rings is 1. The first-order chi connectivity index (χ1) is 13.7. The van der Waals surface area contributed by atoms with Gasteiger partial charge in [0.25, 0.3) is 0 Å². The number of allylic oxidation sites excluding steroid dienone is 3. The largest absolute Gasteiger partial charge is 0.497 e. The standard InChI is InChI=1S/C22H20N2O2S2/c1-26-19-13-11-18(12-14-19)23-15-7-3-6-10-20-21(25)24(22(27)28-20)16-17-8-4-2-5-9-17/h2-15,25H,16H2,1H3. The van der Waals surface area contributed by atoms with E-state index in [9.17, 15) is 5.11 Å². The molecule has 0 spiro atoms. The zero-order valence-corrected chi connectivity index (χ0v) is 17.0. The smallest absolute Gasteiger partial charge is 0.210 e. The van der Waals surface area contributed by atoms with Gasteiger partial charge in [-0.2, -0.15) is 0 Å². The summed E-state index contributed by atoms with van der Waals surface area (Å²) in [5, 5.41) is 10.5. The molecule has 0 amide bonds. The van der Waals surface area contributed by atoms with Crippen LogP contribution >= 0.6 is 23.6 Å². The number of aromatic hydroxyl groups is 1. The molecule has 28 heavy (non-hydrogen) atoms. The Morgan fingerprint density at radius 2 is 1.82 bits per heavy atom. The lowest BCUT2D eigenvalue weighted by atomic mass is 10.2. The van der Waals surface area contributed by atoms with Crippen molar-refractivity contribution in [1.82, 2.24) is 4.57 Å². The van der Waals surface area contributed by atoms with Crippen LogP contribution in [0, 0.1) is 3.95 Å². The number of aromatic nitrogens is 1. The molecule has 6 heteroatoms. The lowest BCUT2D eigenvalue weighted by molar-refractivity contribution is 0.415. The number of aliphatic imine (C=N–C) groups is 1. The molecule has 0 aliphatic heterocycles. The lowest BCUT2D eigenvalue weighted by Gasteiger charge is -2.04. The molecule has 0 fully saturated rings. The van der Waals surface area contributed by atoms with Gasteiger partial charge in [0.1, 0.15) is 5.75 Å². The second kappa shape index (κ2) is 9.82. The van der Waals surface area contributed by atoms with Crippen molar-refractivity contribution in [2.45, 2.75) is 6.54 Å². The zero-order chi connectivity index (χ0) is 19.8. The highest BCUT2D eigenvalue weighted by Crippen LogP contribution is 2.28. The highest BCUT2D eigenvalue weighted by atomic mass is 32.1. The molecule has 0 aliphatic rings. The van der Waals surface area contributed by atoms with Gasteiger partial charge < -0.3 is 9.84 Å². The van der Waals surface area contributed by atoms with Crippen LogP contribution in [0.3, 0.4) is 0 Å². The summed E-state index contributed by atoms with van der Waals surface area (Å²) in [6.07, 6.45) is 9.10. The van der Waals surface area contributed by atoms with Crippen LogP contribution < -0.4 is 4.74 Å². The Morgan fingerprint density at radius 1 is 1.07 bits per heavy atom. The number of methoxy groups -OCH3 is 1. The molecule has 3 aromatic rings. The minimum absolute atomic E-state index is 0.190. The Balaban J connectivity index is 1.62. The predicted molar refractivity (Wildman–Crippen MR) is 120 cm³/mol. The third kappa shape index (κ3) is 5.28. The molecule has 0 atom stereocenters. The molecule has 1 heterocycles. The zero-order valence-electron chi connectivity index (χ0n) is 15.4. The maximum Gasteiger partial charge on any atom is 0.210 e. The van der Waals surface area contributed by atoms with Crippen molar-refractivity contribution in [3.8, 4) is 11.6 Å². The summed E-state index contributed by atoms with van der Waals surface area (Å²) in [5.41, 5.74) is 1.94. The summed E-state index contributed by atoms with van der Waals surface area (Å²) >= 11 is 6.78. The van der Waals surface area contributed by atoms with Crippen molar-refractivity contribution in [1.29, 1.82) is 0 Å². The van der Waals surface area contributed by atoms with E-state index in [1.165, 1.54) is 11.3 Å². The van der Waals surface area contributed by atoms with E-state index in [0.717, 1.165) is 21.9 Å². The van der Waals surface area contributed by atoms with E-state index >= 15 is 0 Å². The van der Waals surface area contributed by atoms with E-state index in [0.29, 0.717) is 10.5 Å². The summed E-state index contributed by atoms with van der Waals surface area (Å²) in [7, 11) is 1.64. The first-order valence-electron chi connectivity index (χ1n) is 8.65. The van der Waals surface area contributed by atoms with E-state index in [1.54, 1.807) is 17.9 Å². The summed E-state index contributed by atoms with van der Waals surface area (Å²) in [5.74, 6) is 0.995. The fraction of sp³-hybridized carbons (Fsp3) is 0.0909. The van der Waals surface area contributed by atoms with Crippen molar-refractivity contribution >= 4 is 41.5 Å². The van der Waals surface area contributed by atoms with E-state index in [1.807, 2.05) is 78.9 Å². The van der Waals surface area contributed by atoms with E-state index in [-0.39, 0.29) is 5.88 Å². The summed E-state index contributed by atoms with van der Waals surface area (Å²) in [6, 6.07) is 17.5. The lowest BCUT2D eigenvalue weighted by Crippen LogP contribution is -1.98. The van der Waals surface area contributed by atoms with Crippen molar-refractivity contribution in [3.63, 3.8) is 0 Å². The van der Waals surface area contributed by atoms with Gasteiger partial charge in [-0.1, -0.05) is 42.5 Å². The molecule has 142 valence electrons. The third-order valence-corrected chi connectivity index (χ3v) is 5.33. The van der Waals surface area contributed by atoms with Gasteiger partial charge in [0, 0.05) is 6.21 Å². The predicted octanol–water partition coefficient (Wildman–Crippen LogP) is 6.01. The van der Waals surface area contributed by atoms with Gasteiger partial charge in [0.05, 0.1) is 24.2 Å². The van der Waals surface area contributed by atoms with Gasteiger partial charge in [-0.3, -0.25) is 9.56 Å². The van der Waals surface area contributed by atoms with Crippen molar-refractivity contribution in [2.75, 3.05) is 7.11 Å². The number of ether oxygens (including phenoxy) is 1. The Hall–Kier alpha value is -2.96. The van der Waals surface area contributed by atoms with Crippen molar-refractivity contribution < 1.29 is 9.84 Å². The van der Waals surface area contributed by atoms with Crippen LogP contribution in [0.4, 0.5) is 5.69 Å². The Labute approximate surface area is 173 Å². The molecule has 4 nitrogen and oxygen atoms in total. The molecular weight excluding hydrogens is 388 g/mol. The minimum Gasteiger partial charge on any atom is -0.497 e. The SMILES string of the molecule is COc1ccc(N=CC=CC=Cc2sc(=S)n(Cc3ccccc3)c2O)cc1. The Morgan fingerprint density at radius 3 is 2.54 bits per heavy atom. The molecule has 0 saturated carbocycles. The number of nitrogens with zero attached hydrogens (tertiary/aromatic N) is 2. The molecular formula is C22H20N2O2S2. The summed E-state index contributed by atoms with van der Waals surface area (Å²) in [6.45, 7) is 0.556. The van der Waals surface area contributed by atoms with E-state index < -0.39 is 0 Å². The first-order valence-corrected chi connectivity index (χ1v) is 9.88. The van der Waals surface area contributed by atoms with Gasteiger partial charge in [-0.25, -0.2) is 0 Å². The van der Waals surface area contributed by atoms with Gasteiger partial charge >= 0.3 is 0 Å². The monoisotopic (exact) mass is 408 g/mol. The number of rotatable bonds is 7. The fourth-order valence-corrected chi connectivity index (χ4v) is 3.70. The summed E-state index contributed by atoms with van der Waals surface area (Å²) < 4.78 is 7.50. The van der Waals surface area contributed by atoms with Crippen LogP contribution in [0.5, 0.6) is 11.6 Å². The van der Waals surface area contributed by atoms with Gasteiger partial charge in [0.15, 0.2) is 3.95 Å². The third-order valence-electron chi connectivity index (χ3n) is 3.93. The quantitative estimate of drug-likeness (QED) is 0.296. The normalized spacial score (nSPS) is 11.8. The highest BCUT2D eigenvalue weighted by molar-refractivity contribution is 7.73. The molecule has 1 N–H and O–H groups in total. The topological polar surface area (TPSA) is 46.8 Å². The Bertz CT molecular complexity index is 1050. The average molecular weight is 409 g/mol. The van der Waals surface area contributed by atoms with Crippen LogP contribution in [0.15, 0.2) is 77.8 Å². The Kier molecular flexibility index (Phi) is 6.94. The second-order valence-corrected chi connectivity index (χ2v) is 7.52. The van der Waals surface area contributed by atoms with Crippen LogP contribution in [-0.2, 0) is 6.54 Å². The molecule has 0 aliphatic carbocycles. The highest BCUT2D eigenvalue weighted by Gasteiger charge is 2.09. The van der Waals surface area contributed by atoms with Crippen molar-refractivity contribution in [2.24, 2.45) is 4.99 Å². The molecule has 0 unspecified atom stereocenters. The second-order valence-electron chi connectivity index (χ2n) is 5.85. The number of hydrogen-bond donors (Lipinski definition) is 1. The molecule has 3 rings (SSSR count). The molecule has 0 saturated heterocycles. The molecule has 0 bridgehead atoms. The fourth-order valence-electron chi connectivity index (χ4n) is 2.48. The maximum absolute atomic E-state index is 10.5. The van der Waals surface area contributed by atoms with E-state index in [2.05, 4.69) is 4.99 Å². The minimum atomic E-state index is 0.190. The average Bonchev–Trinajstić information content (AvgIpc) is 2.99. The number of hydrogen-bond acceptors (Lipinski definition) is 5. The summed E-state index contributed by atoms with van der Waals surface area (Å²) in [4.78, 5) is 5.07. The molecule has 2 aromatic carbocycles. The molecule has 1 aromatic heterocycles. The number of benzene rings is 2. The van der Waals surface area contributed by atoms with Gasteiger partial charge in [-0.05, 0) is 54.2 Å². The van der Waals surface area contributed by atoms with Gasteiger partial charge in [0.2, 0.25) is 5.88 Å². The van der Waals surface area contributed by atoms with Crippen LogP contribution in [-0.4, -0.2) is 23.0 Å². The first kappa shape index (κ1) is 19.8. The van der Waals surface area contributed by atoms with Crippen LogP contribution in [0.25, 0.3) is 6.08 Å². The van der Waals surface area contributed by atoms with Crippen molar-refractivity contribution in [3.05, 3.63) is 87.2 Å². The van der Waals surface area contributed by atoms with E-state index in [4.69, 9.17) is 17.0 Å². The van der Waals surface area contributed by atoms with Gasteiger partial charge in [-0.15, -0.1) is 11.3 Å². The maximum atomic E-state index is 10.5. The van der Waals surface area contributed by atoms with Crippen LogP contribution in [0.2, 0.25) is 0 Å². The molecule has 0 radical (unpaired) electrons. The van der Waals surface area contributed by atoms with Crippen LogP contribution in [0.1, 0.15) is 10.4 Å².